The van der Waals surface area contributed by atoms with E-state index in [9.17, 15) is 8.78 Å². The smallest absolute Gasteiger partial charge is 0.280 e. The second kappa shape index (κ2) is 8.41. The van der Waals surface area contributed by atoms with E-state index in [-0.39, 0.29) is 17.7 Å². The predicted molar refractivity (Wildman–Crippen MR) is 112 cm³/mol. The number of hydrogen-bond acceptors (Lipinski definition) is 5. The highest BCUT2D eigenvalue weighted by molar-refractivity contribution is 6.35. The van der Waals surface area contributed by atoms with Crippen LogP contribution in [0.4, 0.5) is 8.78 Å². The van der Waals surface area contributed by atoms with Crippen molar-refractivity contribution in [3.63, 3.8) is 0 Å². The maximum Gasteiger partial charge on any atom is 0.280 e. The van der Waals surface area contributed by atoms with E-state index in [1.54, 1.807) is 12.3 Å². The van der Waals surface area contributed by atoms with Crippen molar-refractivity contribution in [3.05, 3.63) is 65.2 Å². The first-order valence-corrected chi connectivity index (χ1v) is 9.87. The molecule has 4 rings (SSSR count). The number of pyridine rings is 1. The third-order valence-electron chi connectivity index (χ3n) is 4.76. The van der Waals surface area contributed by atoms with E-state index in [2.05, 4.69) is 27.0 Å². The van der Waals surface area contributed by atoms with Gasteiger partial charge in [0.1, 0.15) is 5.69 Å². The average Bonchev–Trinajstić information content (AvgIpc) is 3.19. The van der Waals surface area contributed by atoms with Gasteiger partial charge in [0.05, 0.1) is 28.1 Å². The molecule has 0 bridgehead atoms. The van der Waals surface area contributed by atoms with Gasteiger partial charge in [-0.3, -0.25) is 4.98 Å². The van der Waals surface area contributed by atoms with Crippen LogP contribution >= 0.6 is 11.6 Å². The van der Waals surface area contributed by atoms with Gasteiger partial charge < -0.3 is 5.73 Å². The molecule has 154 valence electrons. The Morgan fingerprint density at radius 3 is 2.73 bits per heavy atom. The minimum Gasteiger partial charge on any atom is -0.323 e. The summed E-state index contributed by atoms with van der Waals surface area (Å²) in [5, 5.41) is 5.37. The Morgan fingerprint density at radius 1 is 1.13 bits per heavy atom. The molecule has 0 saturated heterocycles. The molecule has 1 aromatic carbocycles. The fourth-order valence-corrected chi connectivity index (χ4v) is 3.52. The van der Waals surface area contributed by atoms with Crippen molar-refractivity contribution in [1.29, 1.82) is 0 Å². The lowest BCUT2D eigenvalue weighted by atomic mass is 10.1. The van der Waals surface area contributed by atoms with E-state index >= 15 is 0 Å². The van der Waals surface area contributed by atoms with Crippen LogP contribution in [-0.2, 0) is 0 Å². The molecule has 3 heterocycles. The molecule has 0 aliphatic rings. The van der Waals surface area contributed by atoms with Gasteiger partial charge in [-0.15, -0.1) is 0 Å². The van der Waals surface area contributed by atoms with E-state index in [0.29, 0.717) is 21.6 Å². The van der Waals surface area contributed by atoms with Crippen molar-refractivity contribution < 1.29 is 8.78 Å². The van der Waals surface area contributed by atoms with Crippen LogP contribution in [0.2, 0.25) is 5.02 Å². The third kappa shape index (κ3) is 3.88. The lowest BCUT2D eigenvalue weighted by Crippen LogP contribution is -2.11. The quantitative estimate of drug-likeness (QED) is 0.452. The highest BCUT2D eigenvalue weighted by Crippen LogP contribution is 2.31. The SMILES string of the molecule is CCCC(N)c1cccc(-c2cc(Cl)c3cnn(-c4nccc(C(F)F)n4)c3c2)n1. The van der Waals surface area contributed by atoms with Crippen LogP contribution in [0.5, 0.6) is 0 Å². The standard InChI is InChI=1S/C21H19ClF2N6/c1-2-4-15(25)17-6-3-5-16(28-17)12-9-14(22)13-11-27-30(19(13)10-12)21-26-8-7-18(29-21)20(23)24/h3,5-11,15,20H,2,4,25H2,1H3. The van der Waals surface area contributed by atoms with Crippen LogP contribution in [0.15, 0.2) is 48.8 Å². The topological polar surface area (TPSA) is 82.5 Å². The van der Waals surface area contributed by atoms with E-state index < -0.39 is 6.43 Å². The monoisotopic (exact) mass is 428 g/mol. The van der Waals surface area contributed by atoms with Gasteiger partial charge in [0.25, 0.3) is 12.4 Å². The van der Waals surface area contributed by atoms with Crippen LogP contribution < -0.4 is 5.73 Å². The van der Waals surface area contributed by atoms with Crippen molar-refractivity contribution in [2.75, 3.05) is 0 Å². The molecular formula is C21H19ClF2N6. The summed E-state index contributed by atoms with van der Waals surface area (Å²) in [4.78, 5) is 12.7. The van der Waals surface area contributed by atoms with Gasteiger partial charge >= 0.3 is 0 Å². The number of rotatable bonds is 6. The normalized spacial score (nSPS) is 12.6. The van der Waals surface area contributed by atoms with Crippen LogP contribution in [0.1, 0.15) is 43.6 Å². The van der Waals surface area contributed by atoms with Crippen molar-refractivity contribution in [1.82, 2.24) is 24.7 Å². The lowest BCUT2D eigenvalue weighted by molar-refractivity contribution is 0.146. The molecule has 1 atom stereocenters. The second-order valence-electron chi connectivity index (χ2n) is 6.87. The number of nitrogens with two attached hydrogens (primary N) is 1. The zero-order valence-electron chi connectivity index (χ0n) is 16.1. The zero-order chi connectivity index (χ0) is 21.3. The Hall–Kier alpha value is -2.97. The maximum atomic E-state index is 13.1. The number of nitrogens with zero attached hydrogens (tertiary/aromatic N) is 5. The number of hydrogen-bond donors (Lipinski definition) is 1. The Morgan fingerprint density at radius 2 is 1.97 bits per heavy atom. The molecule has 0 aliphatic carbocycles. The molecule has 0 spiro atoms. The first-order valence-electron chi connectivity index (χ1n) is 9.49. The Kier molecular flexibility index (Phi) is 5.69. The van der Waals surface area contributed by atoms with Crippen LogP contribution in [0.25, 0.3) is 28.1 Å². The zero-order valence-corrected chi connectivity index (χ0v) is 16.9. The third-order valence-corrected chi connectivity index (χ3v) is 5.07. The Bertz CT molecular complexity index is 1190. The van der Waals surface area contributed by atoms with Gasteiger partial charge in [0.15, 0.2) is 0 Å². The molecule has 3 aromatic heterocycles. The molecule has 1 unspecified atom stereocenters. The molecule has 4 aromatic rings. The maximum absolute atomic E-state index is 13.1. The molecule has 30 heavy (non-hydrogen) atoms. The molecule has 0 fully saturated rings. The number of aromatic nitrogens is 5. The van der Waals surface area contributed by atoms with Gasteiger partial charge in [-0.05, 0) is 36.8 Å². The molecular weight excluding hydrogens is 410 g/mol. The molecule has 6 nitrogen and oxygen atoms in total. The lowest BCUT2D eigenvalue weighted by Gasteiger charge is -2.12. The first-order chi connectivity index (χ1) is 14.5. The molecule has 0 radical (unpaired) electrons. The largest absolute Gasteiger partial charge is 0.323 e. The summed E-state index contributed by atoms with van der Waals surface area (Å²) in [5.74, 6) is 0.0442. The summed E-state index contributed by atoms with van der Waals surface area (Å²) in [6.07, 6.45) is 1.93. The van der Waals surface area contributed by atoms with Gasteiger partial charge in [0, 0.05) is 23.2 Å². The van der Waals surface area contributed by atoms with Crippen LogP contribution in [0.3, 0.4) is 0 Å². The number of fused-ring (bicyclic) bond motifs is 1. The Labute approximate surface area is 176 Å². The molecule has 2 N–H and O–H groups in total. The minimum atomic E-state index is -2.70. The molecule has 0 aliphatic heterocycles. The second-order valence-corrected chi connectivity index (χ2v) is 7.28. The van der Waals surface area contributed by atoms with Gasteiger partial charge in [-0.1, -0.05) is 31.0 Å². The highest BCUT2D eigenvalue weighted by atomic mass is 35.5. The van der Waals surface area contributed by atoms with Gasteiger partial charge in [0.2, 0.25) is 0 Å². The van der Waals surface area contributed by atoms with Crippen molar-refractivity contribution in [3.8, 4) is 17.2 Å². The molecule has 0 amide bonds. The number of alkyl halides is 2. The highest BCUT2D eigenvalue weighted by Gasteiger charge is 2.16. The number of halogens is 3. The predicted octanol–water partition coefficient (Wildman–Crippen LogP) is 5.27. The molecule has 9 heteroatoms. The van der Waals surface area contributed by atoms with Crippen molar-refractivity contribution in [2.24, 2.45) is 5.73 Å². The van der Waals surface area contributed by atoms with Gasteiger partial charge in [-0.2, -0.15) is 9.78 Å². The average molecular weight is 429 g/mol. The van der Waals surface area contributed by atoms with E-state index in [0.717, 1.165) is 24.1 Å². The van der Waals surface area contributed by atoms with Crippen LogP contribution in [0, 0.1) is 0 Å². The van der Waals surface area contributed by atoms with E-state index in [4.69, 9.17) is 17.3 Å². The van der Waals surface area contributed by atoms with Crippen molar-refractivity contribution >= 4 is 22.5 Å². The van der Waals surface area contributed by atoms with E-state index in [1.807, 2.05) is 24.3 Å². The van der Waals surface area contributed by atoms with Gasteiger partial charge in [-0.25, -0.2) is 18.7 Å². The summed E-state index contributed by atoms with van der Waals surface area (Å²) >= 11 is 6.48. The fourth-order valence-electron chi connectivity index (χ4n) is 3.25. The number of benzene rings is 1. The molecule has 0 saturated carbocycles. The van der Waals surface area contributed by atoms with E-state index in [1.165, 1.54) is 16.9 Å². The fraction of sp³-hybridized carbons (Fsp3) is 0.238. The summed E-state index contributed by atoms with van der Waals surface area (Å²) in [5.41, 5.74) is 8.70. The minimum absolute atomic E-state index is 0.0442. The van der Waals surface area contributed by atoms with Crippen molar-refractivity contribution in [2.45, 2.75) is 32.2 Å². The first kappa shape index (κ1) is 20.3. The Balaban J connectivity index is 1.82. The summed E-state index contributed by atoms with van der Waals surface area (Å²) < 4.78 is 27.5. The summed E-state index contributed by atoms with van der Waals surface area (Å²) in [6.45, 7) is 2.07. The summed E-state index contributed by atoms with van der Waals surface area (Å²) in [7, 11) is 0. The summed E-state index contributed by atoms with van der Waals surface area (Å²) in [6, 6.07) is 10.3. The van der Waals surface area contributed by atoms with Crippen LogP contribution in [-0.4, -0.2) is 24.7 Å².